The maximum atomic E-state index is 14.0. The van der Waals surface area contributed by atoms with Gasteiger partial charge in [-0.1, -0.05) is 36.0 Å². The number of hydrogen-bond acceptors (Lipinski definition) is 7. The molecule has 1 aliphatic rings. The summed E-state index contributed by atoms with van der Waals surface area (Å²) in [4.78, 5) is 14.8. The molecule has 1 saturated heterocycles. The van der Waals surface area contributed by atoms with Gasteiger partial charge in [0.25, 0.3) is 0 Å². The predicted molar refractivity (Wildman–Crippen MR) is 128 cm³/mol. The molecule has 1 aliphatic heterocycles. The normalized spacial score (nSPS) is 14.9. The monoisotopic (exact) mass is 481 g/mol. The SMILES string of the molecule is CC(NC(=O)CSc1nnc(N2CCOCC2)n1-c1cccc(F)c1)c1cc2ccccc2o1. The largest absolute Gasteiger partial charge is 0.459 e. The lowest BCUT2D eigenvalue weighted by Gasteiger charge is -2.27. The molecule has 0 aliphatic carbocycles. The number of halogens is 1. The van der Waals surface area contributed by atoms with Crippen molar-refractivity contribution in [3.8, 4) is 5.69 Å². The van der Waals surface area contributed by atoms with Crippen molar-refractivity contribution in [1.82, 2.24) is 20.1 Å². The summed E-state index contributed by atoms with van der Waals surface area (Å²) in [6, 6.07) is 15.6. The third-order valence-corrected chi connectivity index (χ3v) is 6.49. The van der Waals surface area contributed by atoms with Crippen molar-refractivity contribution in [2.24, 2.45) is 0 Å². The molecule has 1 atom stereocenters. The summed E-state index contributed by atoms with van der Waals surface area (Å²) in [5.41, 5.74) is 1.39. The Morgan fingerprint density at radius 2 is 1.97 bits per heavy atom. The zero-order valence-electron chi connectivity index (χ0n) is 18.6. The number of hydrogen-bond donors (Lipinski definition) is 1. The molecule has 2 aromatic carbocycles. The molecule has 1 fully saturated rings. The van der Waals surface area contributed by atoms with Crippen LogP contribution in [0.4, 0.5) is 10.3 Å². The zero-order chi connectivity index (χ0) is 23.5. The van der Waals surface area contributed by atoms with Gasteiger partial charge in [0, 0.05) is 18.5 Å². The number of morpholine rings is 1. The summed E-state index contributed by atoms with van der Waals surface area (Å²) in [5, 5.41) is 13.1. The van der Waals surface area contributed by atoms with Gasteiger partial charge in [0.15, 0.2) is 5.16 Å². The Kier molecular flexibility index (Phi) is 6.50. The maximum absolute atomic E-state index is 14.0. The molecule has 5 rings (SSSR count). The number of thioether (sulfide) groups is 1. The average molecular weight is 482 g/mol. The van der Waals surface area contributed by atoms with Gasteiger partial charge in [-0.3, -0.25) is 9.36 Å². The molecule has 2 aromatic heterocycles. The van der Waals surface area contributed by atoms with Crippen LogP contribution in [0.5, 0.6) is 0 Å². The van der Waals surface area contributed by atoms with Gasteiger partial charge in [-0.2, -0.15) is 0 Å². The standard InChI is InChI=1S/C24H24FN5O3S/c1-16(21-13-17-5-2-3-8-20(17)33-21)26-22(31)15-34-24-28-27-23(29-9-11-32-12-10-29)30(24)19-7-4-6-18(25)14-19/h2-8,13-14,16H,9-12,15H2,1H3,(H,26,31). The fourth-order valence-electron chi connectivity index (χ4n) is 3.87. The van der Waals surface area contributed by atoms with Crippen molar-refractivity contribution in [2.45, 2.75) is 18.1 Å². The van der Waals surface area contributed by atoms with Crippen molar-refractivity contribution >= 4 is 34.6 Å². The lowest BCUT2D eigenvalue weighted by Crippen LogP contribution is -2.37. The first-order valence-corrected chi connectivity index (χ1v) is 12.0. The number of carbonyl (C=O) groups excluding carboxylic acids is 1. The van der Waals surface area contributed by atoms with Crippen molar-refractivity contribution in [3.63, 3.8) is 0 Å². The minimum absolute atomic E-state index is 0.126. The van der Waals surface area contributed by atoms with E-state index in [9.17, 15) is 9.18 Å². The molecule has 34 heavy (non-hydrogen) atoms. The van der Waals surface area contributed by atoms with Crippen LogP contribution in [-0.2, 0) is 9.53 Å². The molecular formula is C24H24FN5O3S. The second kappa shape index (κ2) is 9.86. The number of furan rings is 1. The number of ether oxygens (including phenoxy) is 1. The molecular weight excluding hydrogens is 457 g/mol. The summed E-state index contributed by atoms with van der Waals surface area (Å²) in [6.45, 7) is 4.37. The van der Waals surface area contributed by atoms with Gasteiger partial charge >= 0.3 is 0 Å². The van der Waals surface area contributed by atoms with Crippen LogP contribution >= 0.6 is 11.8 Å². The minimum atomic E-state index is -0.354. The predicted octanol–water partition coefficient (Wildman–Crippen LogP) is 3.96. The van der Waals surface area contributed by atoms with Crippen molar-refractivity contribution in [3.05, 3.63) is 66.2 Å². The number of fused-ring (bicyclic) bond motifs is 1. The number of para-hydroxylation sites is 1. The van der Waals surface area contributed by atoms with E-state index in [0.29, 0.717) is 48.9 Å². The fourth-order valence-corrected chi connectivity index (χ4v) is 4.62. The van der Waals surface area contributed by atoms with E-state index in [1.54, 1.807) is 16.7 Å². The van der Waals surface area contributed by atoms with Crippen LogP contribution in [-0.4, -0.2) is 52.7 Å². The lowest BCUT2D eigenvalue weighted by atomic mass is 10.2. The van der Waals surface area contributed by atoms with E-state index in [-0.39, 0.29) is 23.5 Å². The smallest absolute Gasteiger partial charge is 0.232 e. The average Bonchev–Trinajstić information content (AvgIpc) is 3.48. The second-order valence-corrected chi connectivity index (χ2v) is 8.90. The van der Waals surface area contributed by atoms with Crippen molar-refractivity contribution in [2.75, 3.05) is 37.0 Å². The third kappa shape index (κ3) is 4.78. The van der Waals surface area contributed by atoms with E-state index in [4.69, 9.17) is 9.15 Å². The van der Waals surface area contributed by atoms with Crippen LogP contribution in [0, 0.1) is 5.82 Å². The highest BCUT2D eigenvalue weighted by Crippen LogP contribution is 2.28. The van der Waals surface area contributed by atoms with Gasteiger partial charge in [0.1, 0.15) is 17.2 Å². The quantitative estimate of drug-likeness (QED) is 0.400. The molecule has 0 saturated carbocycles. The third-order valence-electron chi connectivity index (χ3n) is 5.56. The Bertz CT molecular complexity index is 1270. The number of nitrogens with one attached hydrogen (secondary N) is 1. The van der Waals surface area contributed by atoms with E-state index < -0.39 is 0 Å². The van der Waals surface area contributed by atoms with Gasteiger partial charge < -0.3 is 19.4 Å². The first kappa shape index (κ1) is 22.4. The Morgan fingerprint density at radius 1 is 1.15 bits per heavy atom. The highest BCUT2D eigenvalue weighted by atomic mass is 32.2. The molecule has 1 N–H and O–H groups in total. The number of rotatable bonds is 7. The first-order valence-electron chi connectivity index (χ1n) is 11.0. The van der Waals surface area contributed by atoms with Crippen molar-refractivity contribution < 1.29 is 18.3 Å². The Hall–Kier alpha value is -3.37. The Morgan fingerprint density at radius 3 is 2.76 bits per heavy atom. The fraction of sp³-hybridized carbons (Fsp3) is 0.292. The van der Waals surface area contributed by atoms with Gasteiger partial charge in [-0.25, -0.2) is 4.39 Å². The molecule has 10 heteroatoms. The summed E-state index contributed by atoms with van der Waals surface area (Å²) in [6.07, 6.45) is 0. The van der Waals surface area contributed by atoms with Gasteiger partial charge in [0.05, 0.1) is 30.7 Å². The summed E-state index contributed by atoms with van der Waals surface area (Å²) in [5.74, 6) is 0.901. The highest BCUT2D eigenvalue weighted by Gasteiger charge is 2.23. The summed E-state index contributed by atoms with van der Waals surface area (Å²) >= 11 is 1.25. The molecule has 1 amide bonds. The van der Waals surface area contributed by atoms with Gasteiger partial charge in [0.2, 0.25) is 11.9 Å². The molecule has 176 valence electrons. The Balaban J connectivity index is 1.31. The van der Waals surface area contributed by atoms with E-state index in [2.05, 4.69) is 20.4 Å². The van der Waals surface area contributed by atoms with Crippen LogP contribution in [0.1, 0.15) is 18.7 Å². The molecule has 0 radical (unpaired) electrons. The van der Waals surface area contributed by atoms with Crippen molar-refractivity contribution in [1.29, 1.82) is 0 Å². The van der Waals surface area contributed by atoms with E-state index >= 15 is 0 Å². The molecule has 1 unspecified atom stereocenters. The van der Waals surface area contributed by atoms with Crippen LogP contribution in [0.25, 0.3) is 16.7 Å². The number of carbonyl (C=O) groups is 1. The number of aromatic nitrogens is 3. The topological polar surface area (TPSA) is 85.4 Å². The lowest BCUT2D eigenvalue weighted by molar-refractivity contribution is -0.119. The van der Waals surface area contributed by atoms with Crippen LogP contribution in [0.3, 0.4) is 0 Å². The van der Waals surface area contributed by atoms with Gasteiger partial charge in [-0.05, 0) is 37.3 Å². The van der Waals surface area contributed by atoms with E-state index in [0.717, 1.165) is 11.0 Å². The molecule has 0 bridgehead atoms. The minimum Gasteiger partial charge on any atom is -0.459 e. The zero-order valence-corrected chi connectivity index (χ0v) is 19.4. The summed E-state index contributed by atoms with van der Waals surface area (Å²) in [7, 11) is 0. The molecule has 8 nitrogen and oxygen atoms in total. The summed E-state index contributed by atoms with van der Waals surface area (Å²) < 4.78 is 27.1. The van der Waals surface area contributed by atoms with Gasteiger partial charge in [-0.15, -0.1) is 10.2 Å². The number of nitrogens with zero attached hydrogens (tertiary/aromatic N) is 4. The second-order valence-electron chi connectivity index (χ2n) is 7.96. The molecule has 0 spiro atoms. The number of amides is 1. The number of anilines is 1. The van der Waals surface area contributed by atoms with Crippen LogP contribution in [0.15, 0.2) is 64.2 Å². The molecule has 4 aromatic rings. The maximum Gasteiger partial charge on any atom is 0.232 e. The van der Waals surface area contributed by atoms with Crippen LogP contribution < -0.4 is 10.2 Å². The highest BCUT2D eigenvalue weighted by molar-refractivity contribution is 7.99. The first-order chi connectivity index (χ1) is 16.6. The number of benzene rings is 2. The molecule has 3 heterocycles. The van der Waals surface area contributed by atoms with E-state index in [1.165, 1.54) is 23.9 Å². The Labute approximate surface area is 200 Å². The van der Waals surface area contributed by atoms with Crippen LogP contribution in [0.2, 0.25) is 0 Å². The van der Waals surface area contributed by atoms with E-state index in [1.807, 2.05) is 37.3 Å².